The maximum Gasteiger partial charge on any atom is 0.0671 e. The van der Waals surface area contributed by atoms with Crippen molar-refractivity contribution in [3.63, 3.8) is 0 Å². The van der Waals surface area contributed by atoms with E-state index in [0.29, 0.717) is 5.41 Å². The number of nitrogens with zero attached hydrogens (tertiary/aromatic N) is 1. The molecule has 1 aromatic rings. The Hall–Kier alpha value is -1.11. The maximum atomic E-state index is 4.92. The van der Waals surface area contributed by atoms with Crippen LogP contribution < -0.4 is 0 Å². The summed E-state index contributed by atoms with van der Waals surface area (Å²) < 4.78 is 0. The molecule has 1 heterocycles. The van der Waals surface area contributed by atoms with Gasteiger partial charge in [-0.3, -0.25) is 4.99 Å². The molecule has 0 radical (unpaired) electrons. The average Bonchev–Trinajstić information content (AvgIpc) is 2.87. The van der Waals surface area contributed by atoms with Crippen LogP contribution in [0.25, 0.3) is 0 Å². The Kier molecular flexibility index (Phi) is 1.66. The Morgan fingerprint density at radius 3 is 3.00 bits per heavy atom. The van der Waals surface area contributed by atoms with Crippen molar-refractivity contribution in [2.24, 2.45) is 10.9 Å². The fraction of sp³-hybridized carbons (Fsp3) is 0.533. The van der Waals surface area contributed by atoms with E-state index in [2.05, 4.69) is 24.3 Å². The van der Waals surface area contributed by atoms with Gasteiger partial charge in [-0.2, -0.15) is 0 Å². The summed E-state index contributed by atoms with van der Waals surface area (Å²) in [7, 11) is 0. The molecule has 0 aromatic heterocycles. The fourth-order valence-corrected chi connectivity index (χ4v) is 4.35. The molecule has 1 nitrogen and oxygen atoms in total. The van der Waals surface area contributed by atoms with E-state index in [1.807, 2.05) is 0 Å². The highest BCUT2D eigenvalue weighted by Gasteiger charge is 2.52. The molecule has 1 aliphatic heterocycles. The van der Waals surface area contributed by atoms with E-state index in [4.69, 9.17) is 4.99 Å². The van der Waals surface area contributed by atoms with Gasteiger partial charge in [0.25, 0.3) is 0 Å². The third kappa shape index (κ3) is 0.904. The van der Waals surface area contributed by atoms with Crippen LogP contribution in [0.3, 0.4) is 0 Å². The molecular formula is C15H17N. The van der Waals surface area contributed by atoms with Gasteiger partial charge in [-0.25, -0.2) is 0 Å². The lowest BCUT2D eigenvalue weighted by atomic mass is 9.64. The highest BCUT2D eigenvalue weighted by molar-refractivity contribution is 6.03. The number of para-hydroxylation sites is 1. The number of benzene rings is 1. The zero-order valence-electron chi connectivity index (χ0n) is 9.58. The van der Waals surface area contributed by atoms with Gasteiger partial charge in [0, 0.05) is 11.1 Å². The molecular weight excluding hydrogens is 194 g/mol. The van der Waals surface area contributed by atoms with E-state index < -0.39 is 0 Å². The molecule has 0 bridgehead atoms. The fourth-order valence-electron chi connectivity index (χ4n) is 4.35. The summed E-state index contributed by atoms with van der Waals surface area (Å²) in [6, 6.07) is 8.84. The first kappa shape index (κ1) is 8.98. The van der Waals surface area contributed by atoms with Crippen molar-refractivity contribution < 1.29 is 0 Å². The molecule has 2 saturated carbocycles. The minimum atomic E-state index is 0.384. The van der Waals surface area contributed by atoms with Crippen molar-refractivity contribution in [2.75, 3.05) is 0 Å². The van der Waals surface area contributed by atoms with E-state index in [1.54, 1.807) is 5.56 Å². The molecule has 0 N–H and O–H groups in total. The normalized spacial score (nSPS) is 35.2. The summed E-state index contributed by atoms with van der Waals surface area (Å²) in [5.74, 6) is 0.892. The van der Waals surface area contributed by atoms with E-state index >= 15 is 0 Å². The Morgan fingerprint density at radius 1 is 1.12 bits per heavy atom. The summed E-state index contributed by atoms with van der Waals surface area (Å²) in [5.41, 5.74) is 4.72. The van der Waals surface area contributed by atoms with Crippen molar-refractivity contribution in [3.8, 4) is 0 Å². The standard InChI is InChI=1S/C15H17N/c1-2-8-13-12(7-1)15-10-4-6-11(15)5-3-9-14(15)16-13/h1-2,7-8,11H,3-6,9-10H2. The van der Waals surface area contributed by atoms with Crippen LogP contribution in [0.5, 0.6) is 0 Å². The lowest BCUT2D eigenvalue weighted by Gasteiger charge is -2.38. The van der Waals surface area contributed by atoms with Gasteiger partial charge in [-0.1, -0.05) is 24.6 Å². The number of hydrogen-bond donors (Lipinski definition) is 0. The summed E-state index contributed by atoms with van der Waals surface area (Å²) in [4.78, 5) is 4.92. The van der Waals surface area contributed by atoms with Crippen LogP contribution in [0.15, 0.2) is 29.3 Å². The second-order valence-electron chi connectivity index (χ2n) is 5.53. The monoisotopic (exact) mass is 211 g/mol. The highest BCUT2D eigenvalue weighted by atomic mass is 14.8. The molecule has 0 amide bonds. The average molecular weight is 211 g/mol. The second-order valence-corrected chi connectivity index (χ2v) is 5.53. The first-order valence-electron chi connectivity index (χ1n) is 6.59. The molecule has 2 aliphatic carbocycles. The van der Waals surface area contributed by atoms with Gasteiger partial charge in [0.1, 0.15) is 0 Å². The first-order valence-corrected chi connectivity index (χ1v) is 6.59. The van der Waals surface area contributed by atoms with Crippen LogP contribution in [-0.4, -0.2) is 5.71 Å². The van der Waals surface area contributed by atoms with Gasteiger partial charge in [0.15, 0.2) is 0 Å². The van der Waals surface area contributed by atoms with Crippen molar-refractivity contribution >= 4 is 11.4 Å². The number of hydrogen-bond acceptors (Lipinski definition) is 1. The third-order valence-electron chi connectivity index (χ3n) is 4.94. The lowest BCUT2D eigenvalue weighted by molar-refractivity contribution is 0.354. The van der Waals surface area contributed by atoms with Crippen LogP contribution >= 0.6 is 0 Å². The number of rotatable bonds is 0. The molecule has 2 atom stereocenters. The minimum absolute atomic E-state index is 0.384. The summed E-state index contributed by atoms with van der Waals surface area (Å²) in [5, 5.41) is 0. The van der Waals surface area contributed by atoms with Gasteiger partial charge < -0.3 is 0 Å². The Bertz CT molecular complexity index is 474. The predicted octanol–water partition coefficient (Wildman–Crippen LogP) is 3.99. The molecule has 2 unspecified atom stereocenters. The molecule has 4 rings (SSSR count). The van der Waals surface area contributed by atoms with Crippen molar-refractivity contribution in [1.29, 1.82) is 0 Å². The van der Waals surface area contributed by atoms with E-state index in [-0.39, 0.29) is 0 Å². The summed E-state index contributed by atoms with van der Waals surface area (Å²) >= 11 is 0. The second kappa shape index (κ2) is 2.97. The third-order valence-corrected chi connectivity index (χ3v) is 4.94. The summed E-state index contributed by atoms with van der Waals surface area (Å²) in [6.45, 7) is 0. The molecule has 3 aliphatic rings. The molecule has 0 saturated heterocycles. The topological polar surface area (TPSA) is 12.4 Å². The van der Waals surface area contributed by atoms with Gasteiger partial charge >= 0.3 is 0 Å². The van der Waals surface area contributed by atoms with Crippen LogP contribution in [0.1, 0.15) is 44.1 Å². The van der Waals surface area contributed by atoms with Crippen LogP contribution in [0, 0.1) is 5.92 Å². The van der Waals surface area contributed by atoms with Crippen LogP contribution in [0.4, 0.5) is 5.69 Å². The largest absolute Gasteiger partial charge is 0.257 e. The van der Waals surface area contributed by atoms with Gasteiger partial charge in [0.05, 0.1) is 5.69 Å². The molecule has 82 valence electrons. The van der Waals surface area contributed by atoms with E-state index in [0.717, 1.165) is 5.92 Å². The zero-order valence-corrected chi connectivity index (χ0v) is 9.58. The molecule has 1 spiro atoms. The van der Waals surface area contributed by atoms with Crippen LogP contribution in [-0.2, 0) is 5.41 Å². The maximum absolute atomic E-state index is 4.92. The zero-order chi connectivity index (χ0) is 10.6. The number of fused-ring (bicyclic) bond motifs is 1. The summed E-state index contributed by atoms with van der Waals surface area (Å²) in [6.07, 6.45) is 8.21. The van der Waals surface area contributed by atoms with Crippen molar-refractivity contribution in [3.05, 3.63) is 29.8 Å². The SMILES string of the molecule is c1ccc2c(c1)N=C1CCCC3CCCC123. The Labute approximate surface area is 96.6 Å². The quantitative estimate of drug-likeness (QED) is 0.615. The van der Waals surface area contributed by atoms with Crippen molar-refractivity contribution in [2.45, 2.75) is 43.9 Å². The highest BCUT2D eigenvalue weighted by Crippen LogP contribution is 2.57. The van der Waals surface area contributed by atoms with Crippen LogP contribution in [0.2, 0.25) is 0 Å². The first-order chi connectivity index (χ1) is 7.91. The lowest BCUT2D eigenvalue weighted by Crippen LogP contribution is -2.40. The van der Waals surface area contributed by atoms with Gasteiger partial charge in [0.2, 0.25) is 0 Å². The Balaban J connectivity index is 1.97. The molecule has 16 heavy (non-hydrogen) atoms. The van der Waals surface area contributed by atoms with E-state index in [1.165, 1.54) is 49.9 Å². The number of aliphatic imine (C=N–C) groups is 1. The molecule has 1 heteroatoms. The van der Waals surface area contributed by atoms with Crippen molar-refractivity contribution in [1.82, 2.24) is 0 Å². The smallest absolute Gasteiger partial charge is 0.0671 e. The van der Waals surface area contributed by atoms with E-state index in [9.17, 15) is 0 Å². The predicted molar refractivity (Wildman–Crippen MR) is 66.4 cm³/mol. The van der Waals surface area contributed by atoms with Gasteiger partial charge in [-0.15, -0.1) is 0 Å². The molecule has 1 aromatic carbocycles. The molecule has 2 fully saturated rings. The minimum Gasteiger partial charge on any atom is -0.257 e. The van der Waals surface area contributed by atoms with Gasteiger partial charge in [-0.05, 0) is 49.7 Å². The Morgan fingerprint density at radius 2 is 2.00 bits per heavy atom.